The summed E-state index contributed by atoms with van der Waals surface area (Å²) in [5.74, 6) is -0.223. The number of hydrogen-bond donors (Lipinski definition) is 1. The Kier molecular flexibility index (Phi) is 6.84. The summed E-state index contributed by atoms with van der Waals surface area (Å²) in [5.41, 5.74) is 3.01. The summed E-state index contributed by atoms with van der Waals surface area (Å²) < 4.78 is 5.36. The van der Waals surface area contributed by atoms with Crippen LogP contribution in [0.25, 0.3) is 0 Å². The van der Waals surface area contributed by atoms with Crippen LogP contribution in [0.2, 0.25) is 0 Å². The van der Waals surface area contributed by atoms with Crippen LogP contribution in [0.5, 0.6) is 0 Å². The van der Waals surface area contributed by atoms with Crippen molar-refractivity contribution in [1.82, 2.24) is 4.90 Å². The Morgan fingerprint density at radius 2 is 1.93 bits per heavy atom. The minimum absolute atomic E-state index is 0.0287. The van der Waals surface area contributed by atoms with E-state index >= 15 is 0 Å². The maximum absolute atomic E-state index is 12.2. The maximum atomic E-state index is 12.2. The van der Waals surface area contributed by atoms with Crippen LogP contribution in [0, 0.1) is 0 Å². The summed E-state index contributed by atoms with van der Waals surface area (Å²) >= 11 is 1.62. The number of nitrogens with zero attached hydrogens (tertiary/aromatic N) is 2. The number of hydrogen-bond acceptors (Lipinski definition) is 5. The molecule has 0 aliphatic carbocycles. The van der Waals surface area contributed by atoms with E-state index in [1.54, 1.807) is 18.4 Å². The summed E-state index contributed by atoms with van der Waals surface area (Å²) in [6, 6.07) is 9.79. The van der Waals surface area contributed by atoms with Crippen molar-refractivity contribution in [3.8, 4) is 0 Å². The van der Waals surface area contributed by atoms with Gasteiger partial charge in [0, 0.05) is 37.9 Å². The quantitative estimate of drug-likeness (QED) is 0.793. The maximum Gasteiger partial charge on any atom is 0.243 e. The van der Waals surface area contributed by atoms with Crippen molar-refractivity contribution in [2.45, 2.75) is 12.8 Å². The molecule has 1 saturated heterocycles. The number of anilines is 2. The van der Waals surface area contributed by atoms with Gasteiger partial charge in [-0.05, 0) is 53.1 Å². The molecule has 1 aromatic carbocycles. The van der Waals surface area contributed by atoms with E-state index < -0.39 is 0 Å². The second kappa shape index (κ2) is 9.53. The number of amides is 2. The lowest BCUT2D eigenvalue weighted by Crippen LogP contribution is -2.36. The number of benzene rings is 1. The van der Waals surface area contributed by atoms with Gasteiger partial charge in [0.1, 0.15) is 0 Å². The van der Waals surface area contributed by atoms with Gasteiger partial charge >= 0.3 is 0 Å². The van der Waals surface area contributed by atoms with E-state index in [4.69, 9.17) is 4.74 Å². The van der Waals surface area contributed by atoms with E-state index in [0.29, 0.717) is 12.8 Å². The highest BCUT2D eigenvalue weighted by molar-refractivity contribution is 7.07. The van der Waals surface area contributed by atoms with Crippen molar-refractivity contribution >= 4 is 34.5 Å². The first-order chi connectivity index (χ1) is 13.1. The SMILES string of the molecule is CN(CC(=O)Nc1ccc(N2CCOCC2)cc1)C(=O)CCc1ccsc1. The molecular formula is C20H25N3O3S. The molecule has 1 aliphatic heterocycles. The van der Waals surface area contributed by atoms with Crippen LogP contribution in [0.3, 0.4) is 0 Å². The molecule has 6 nitrogen and oxygen atoms in total. The lowest BCUT2D eigenvalue weighted by atomic mass is 10.2. The average Bonchev–Trinajstić information content (AvgIpc) is 3.21. The minimum atomic E-state index is -0.194. The number of aryl methyl sites for hydroxylation is 1. The molecule has 3 rings (SSSR count). The predicted molar refractivity (Wildman–Crippen MR) is 108 cm³/mol. The molecule has 7 heteroatoms. The zero-order valence-corrected chi connectivity index (χ0v) is 16.3. The van der Waals surface area contributed by atoms with E-state index in [0.717, 1.165) is 43.2 Å². The van der Waals surface area contributed by atoms with Crippen LogP contribution in [0.4, 0.5) is 11.4 Å². The molecule has 0 atom stereocenters. The van der Waals surface area contributed by atoms with Gasteiger partial charge in [-0.3, -0.25) is 9.59 Å². The molecule has 1 fully saturated rings. The number of carbonyl (C=O) groups is 2. The van der Waals surface area contributed by atoms with Gasteiger partial charge in [-0.2, -0.15) is 11.3 Å². The van der Waals surface area contributed by atoms with Crippen LogP contribution in [-0.4, -0.2) is 56.6 Å². The van der Waals surface area contributed by atoms with Gasteiger partial charge in [0.05, 0.1) is 19.8 Å². The van der Waals surface area contributed by atoms with Crippen molar-refractivity contribution < 1.29 is 14.3 Å². The molecule has 0 bridgehead atoms. The number of rotatable bonds is 7. The van der Waals surface area contributed by atoms with Gasteiger partial charge in [-0.25, -0.2) is 0 Å². The van der Waals surface area contributed by atoms with Crippen molar-refractivity contribution in [3.63, 3.8) is 0 Å². The molecule has 1 aliphatic rings. The summed E-state index contributed by atoms with van der Waals surface area (Å²) in [5, 5.41) is 6.90. The Hall–Kier alpha value is -2.38. The topological polar surface area (TPSA) is 61.9 Å². The molecule has 1 aromatic heterocycles. The van der Waals surface area contributed by atoms with Crippen molar-refractivity contribution in [3.05, 3.63) is 46.7 Å². The fourth-order valence-corrected chi connectivity index (χ4v) is 3.66. The highest BCUT2D eigenvalue weighted by Crippen LogP contribution is 2.19. The zero-order chi connectivity index (χ0) is 19.1. The first kappa shape index (κ1) is 19.4. The molecule has 0 spiro atoms. The number of thiophene rings is 1. The third-order valence-corrected chi connectivity index (χ3v) is 5.27. The fourth-order valence-electron chi connectivity index (χ4n) is 2.96. The monoisotopic (exact) mass is 387 g/mol. The molecule has 0 radical (unpaired) electrons. The molecule has 2 heterocycles. The Bertz CT molecular complexity index is 740. The molecule has 0 saturated carbocycles. The van der Waals surface area contributed by atoms with Crippen LogP contribution < -0.4 is 10.2 Å². The molecular weight excluding hydrogens is 362 g/mol. The number of likely N-dealkylation sites (N-methyl/N-ethyl adjacent to an activating group) is 1. The van der Waals surface area contributed by atoms with Gasteiger partial charge in [-0.1, -0.05) is 0 Å². The molecule has 27 heavy (non-hydrogen) atoms. The summed E-state index contributed by atoms with van der Waals surface area (Å²) in [6.07, 6.45) is 1.12. The number of carbonyl (C=O) groups excluding carboxylic acids is 2. The van der Waals surface area contributed by atoms with Crippen LogP contribution in [0.15, 0.2) is 41.1 Å². The largest absolute Gasteiger partial charge is 0.378 e. The lowest BCUT2D eigenvalue weighted by molar-refractivity contribution is -0.133. The molecule has 144 valence electrons. The van der Waals surface area contributed by atoms with Gasteiger partial charge < -0.3 is 19.9 Å². The van der Waals surface area contributed by atoms with E-state index in [1.165, 1.54) is 4.90 Å². The van der Waals surface area contributed by atoms with Gasteiger partial charge in [0.15, 0.2) is 0 Å². The van der Waals surface area contributed by atoms with Crippen LogP contribution >= 0.6 is 11.3 Å². The minimum Gasteiger partial charge on any atom is -0.378 e. The normalized spacial score (nSPS) is 14.0. The number of morpholine rings is 1. The van der Waals surface area contributed by atoms with Crippen LogP contribution in [0.1, 0.15) is 12.0 Å². The third-order valence-electron chi connectivity index (χ3n) is 4.54. The van der Waals surface area contributed by atoms with Gasteiger partial charge in [0.2, 0.25) is 11.8 Å². The molecule has 1 N–H and O–H groups in total. The summed E-state index contributed by atoms with van der Waals surface area (Å²) in [6.45, 7) is 3.29. The highest BCUT2D eigenvalue weighted by atomic mass is 32.1. The molecule has 0 unspecified atom stereocenters. The van der Waals surface area contributed by atoms with E-state index in [-0.39, 0.29) is 18.4 Å². The Morgan fingerprint density at radius 1 is 1.19 bits per heavy atom. The summed E-state index contributed by atoms with van der Waals surface area (Å²) in [4.78, 5) is 28.1. The average molecular weight is 388 g/mol. The van der Waals surface area contributed by atoms with E-state index in [1.807, 2.05) is 41.1 Å². The highest BCUT2D eigenvalue weighted by Gasteiger charge is 2.14. The van der Waals surface area contributed by atoms with Crippen LogP contribution in [-0.2, 0) is 20.7 Å². The number of nitrogens with one attached hydrogen (secondary N) is 1. The zero-order valence-electron chi connectivity index (χ0n) is 15.5. The molecule has 2 aromatic rings. The van der Waals surface area contributed by atoms with Crippen molar-refractivity contribution in [2.24, 2.45) is 0 Å². The first-order valence-corrected chi connectivity index (χ1v) is 10.0. The van der Waals surface area contributed by atoms with Gasteiger partial charge in [0.25, 0.3) is 0 Å². The second-order valence-electron chi connectivity index (χ2n) is 6.58. The predicted octanol–water partition coefficient (Wildman–Crippen LogP) is 2.61. The smallest absolute Gasteiger partial charge is 0.243 e. The Balaban J connectivity index is 1.44. The second-order valence-corrected chi connectivity index (χ2v) is 7.36. The Morgan fingerprint density at radius 3 is 2.59 bits per heavy atom. The first-order valence-electron chi connectivity index (χ1n) is 9.09. The van der Waals surface area contributed by atoms with E-state index in [9.17, 15) is 9.59 Å². The van der Waals surface area contributed by atoms with E-state index in [2.05, 4.69) is 10.2 Å². The lowest BCUT2D eigenvalue weighted by Gasteiger charge is -2.28. The standard InChI is InChI=1S/C20H25N3O3S/c1-22(20(25)7-2-16-8-13-27-15-16)14-19(24)21-17-3-5-18(6-4-17)23-9-11-26-12-10-23/h3-6,8,13,15H,2,7,9-12,14H2,1H3,(H,21,24). The fraction of sp³-hybridized carbons (Fsp3) is 0.400. The van der Waals surface area contributed by atoms with Gasteiger partial charge in [-0.15, -0.1) is 0 Å². The van der Waals surface area contributed by atoms with Crippen molar-refractivity contribution in [1.29, 1.82) is 0 Å². The Labute approximate surface area is 163 Å². The number of ether oxygens (including phenoxy) is 1. The third kappa shape index (κ3) is 5.80. The van der Waals surface area contributed by atoms with Crippen molar-refractivity contribution in [2.75, 3.05) is 50.1 Å². The summed E-state index contributed by atoms with van der Waals surface area (Å²) in [7, 11) is 1.66. The molecule has 2 amide bonds.